The van der Waals surface area contributed by atoms with Crippen molar-refractivity contribution >= 4 is 6.01 Å². The van der Waals surface area contributed by atoms with Crippen molar-refractivity contribution in [2.24, 2.45) is 0 Å². The predicted octanol–water partition coefficient (Wildman–Crippen LogP) is 0.768. The molecule has 1 aromatic rings. The first kappa shape index (κ1) is 8.85. The number of alkyl halides is 3. The summed E-state index contributed by atoms with van der Waals surface area (Å²) in [5.74, 6) is -0.667. The second-order valence-corrected chi connectivity index (χ2v) is 1.98. The fourth-order valence-corrected chi connectivity index (χ4v) is 0.699. The summed E-state index contributed by atoms with van der Waals surface area (Å²) >= 11 is 0. The number of nitrogens with two attached hydrogens (primary N) is 1. The number of oxazole rings is 1. The van der Waals surface area contributed by atoms with Gasteiger partial charge in [-0.3, -0.25) is 0 Å². The van der Waals surface area contributed by atoms with E-state index < -0.39 is 30.3 Å². The average molecular weight is 182 g/mol. The second kappa shape index (κ2) is 2.67. The molecule has 0 spiro atoms. The van der Waals surface area contributed by atoms with Crippen LogP contribution in [-0.4, -0.2) is 10.1 Å². The highest BCUT2D eigenvalue weighted by Crippen LogP contribution is 2.32. The van der Waals surface area contributed by atoms with Crippen molar-refractivity contribution in [1.29, 1.82) is 0 Å². The Morgan fingerprint density at radius 2 is 2.08 bits per heavy atom. The molecule has 0 aliphatic carbocycles. The zero-order chi connectivity index (χ0) is 9.35. The Balaban J connectivity index is 3.13. The molecular weight excluding hydrogens is 177 g/mol. The minimum Gasteiger partial charge on any atom is -0.426 e. The van der Waals surface area contributed by atoms with E-state index in [0.717, 1.165) is 0 Å². The van der Waals surface area contributed by atoms with E-state index >= 15 is 0 Å². The number of hydrogen-bond acceptors (Lipinski definition) is 4. The number of rotatable bonds is 1. The fourth-order valence-electron chi connectivity index (χ4n) is 0.699. The normalized spacial score (nSPS) is 12.0. The van der Waals surface area contributed by atoms with E-state index in [1.165, 1.54) is 0 Å². The minimum absolute atomic E-state index is 0.605. The zero-order valence-electron chi connectivity index (χ0n) is 5.72. The molecule has 0 unspecified atom stereocenters. The Hall–Kier alpha value is -1.24. The molecule has 4 nitrogen and oxygen atoms in total. The largest absolute Gasteiger partial charge is 0.437 e. The highest BCUT2D eigenvalue weighted by molar-refractivity contribution is 5.21. The van der Waals surface area contributed by atoms with E-state index in [1.54, 1.807) is 0 Å². The Bertz CT molecular complexity index is 281. The van der Waals surface area contributed by atoms with Gasteiger partial charge in [0.2, 0.25) is 0 Å². The van der Waals surface area contributed by atoms with E-state index in [9.17, 15) is 13.2 Å². The van der Waals surface area contributed by atoms with Crippen LogP contribution in [0.3, 0.4) is 0 Å². The van der Waals surface area contributed by atoms with Crippen LogP contribution in [0.15, 0.2) is 4.42 Å². The number of nitrogen functional groups attached to an aromatic ring is 1. The highest BCUT2D eigenvalue weighted by Gasteiger charge is 2.38. The van der Waals surface area contributed by atoms with Crippen LogP contribution in [0.5, 0.6) is 0 Å². The van der Waals surface area contributed by atoms with Gasteiger partial charge >= 0.3 is 6.18 Å². The van der Waals surface area contributed by atoms with Gasteiger partial charge in [-0.25, -0.2) is 0 Å². The fraction of sp³-hybridized carbons (Fsp3) is 0.400. The summed E-state index contributed by atoms with van der Waals surface area (Å²) in [5.41, 5.74) is 3.59. The molecule has 0 aromatic carbocycles. The van der Waals surface area contributed by atoms with Gasteiger partial charge in [-0.05, 0) is 0 Å². The summed E-state index contributed by atoms with van der Waals surface area (Å²) in [6.07, 6.45) is -4.64. The molecule has 68 valence electrons. The van der Waals surface area contributed by atoms with Crippen LogP contribution in [0.25, 0.3) is 0 Å². The Labute approximate surface area is 64.8 Å². The maximum absolute atomic E-state index is 12.0. The average Bonchev–Trinajstić information content (AvgIpc) is 2.29. The minimum atomic E-state index is -4.64. The van der Waals surface area contributed by atoms with E-state index in [1.807, 2.05) is 0 Å². The molecule has 12 heavy (non-hydrogen) atoms. The summed E-state index contributed by atoms with van der Waals surface area (Å²) in [7, 11) is 0. The molecule has 0 radical (unpaired) electrons. The van der Waals surface area contributed by atoms with Crippen molar-refractivity contribution in [3.8, 4) is 0 Å². The molecule has 0 saturated carbocycles. The van der Waals surface area contributed by atoms with Gasteiger partial charge in [0, 0.05) is 0 Å². The molecule has 0 bridgehead atoms. The van der Waals surface area contributed by atoms with E-state index in [4.69, 9.17) is 10.8 Å². The second-order valence-electron chi connectivity index (χ2n) is 1.98. The van der Waals surface area contributed by atoms with Gasteiger partial charge in [-0.15, -0.1) is 0 Å². The number of anilines is 1. The first-order valence-corrected chi connectivity index (χ1v) is 2.88. The summed E-state index contributed by atoms with van der Waals surface area (Å²) in [4.78, 5) is 2.88. The molecule has 7 heteroatoms. The third-order valence-electron chi connectivity index (χ3n) is 1.13. The molecule has 0 saturated heterocycles. The van der Waals surface area contributed by atoms with Gasteiger partial charge in [-0.2, -0.15) is 18.2 Å². The van der Waals surface area contributed by atoms with Crippen LogP contribution < -0.4 is 5.73 Å². The van der Waals surface area contributed by atoms with E-state index in [0.29, 0.717) is 0 Å². The molecule has 0 aliphatic rings. The maximum Gasteiger partial charge on any atom is 0.437 e. The number of hydrogen-bond donors (Lipinski definition) is 2. The van der Waals surface area contributed by atoms with Gasteiger partial charge in [0.25, 0.3) is 6.01 Å². The van der Waals surface area contributed by atoms with Gasteiger partial charge in [0.1, 0.15) is 6.61 Å². The standard InChI is InChI=1S/C5H5F3N2O2/c6-5(7,8)3-2(1-11)12-4(9)10-3/h11H,1H2,(H2,9,10). The zero-order valence-corrected chi connectivity index (χ0v) is 5.72. The quantitative estimate of drug-likeness (QED) is 0.672. The van der Waals surface area contributed by atoms with Crippen LogP contribution in [0.2, 0.25) is 0 Å². The maximum atomic E-state index is 12.0. The van der Waals surface area contributed by atoms with Crippen LogP contribution in [0, 0.1) is 0 Å². The predicted molar refractivity (Wildman–Crippen MR) is 31.8 cm³/mol. The number of aromatic nitrogens is 1. The lowest BCUT2D eigenvalue weighted by Gasteiger charge is -2.01. The van der Waals surface area contributed by atoms with Gasteiger partial charge < -0.3 is 15.3 Å². The van der Waals surface area contributed by atoms with Crippen molar-refractivity contribution < 1.29 is 22.7 Å². The third kappa shape index (κ3) is 1.50. The molecule has 1 heterocycles. The monoisotopic (exact) mass is 182 g/mol. The van der Waals surface area contributed by atoms with E-state index in [-0.39, 0.29) is 0 Å². The Morgan fingerprint density at radius 3 is 2.42 bits per heavy atom. The molecular formula is C5H5F3N2O2. The highest BCUT2D eigenvalue weighted by atomic mass is 19.4. The summed E-state index contributed by atoms with van der Waals surface area (Å²) < 4.78 is 40.2. The lowest BCUT2D eigenvalue weighted by atomic mass is 10.3. The molecule has 0 atom stereocenters. The summed E-state index contributed by atoms with van der Waals surface area (Å²) in [5, 5.41) is 8.41. The topological polar surface area (TPSA) is 72.3 Å². The molecule has 0 fully saturated rings. The third-order valence-corrected chi connectivity index (χ3v) is 1.13. The molecule has 0 amide bonds. The first-order valence-electron chi connectivity index (χ1n) is 2.88. The van der Waals surface area contributed by atoms with E-state index in [2.05, 4.69) is 9.40 Å². The molecule has 1 aromatic heterocycles. The SMILES string of the molecule is Nc1nc(C(F)(F)F)c(CO)o1. The van der Waals surface area contributed by atoms with Crippen LogP contribution in [-0.2, 0) is 12.8 Å². The number of aliphatic hydroxyl groups excluding tert-OH is 1. The lowest BCUT2D eigenvalue weighted by molar-refractivity contribution is -0.142. The number of aliphatic hydroxyl groups is 1. The molecule has 1 rings (SSSR count). The Kier molecular flexibility index (Phi) is 1.97. The van der Waals surface area contributed by atoms with Crippen LogP contribution in [0.1, 0.15) is 11.5 Å². The summed E-state index contributed by atoms with van der Waals surface area (Å²) in [6.45, 7) is -0.876. The van der Waals surface area contributed by atoms with Crippen LogP contribution in [0.4, 0.5) is 19.2 Å². The van der Waals surface area contributed by atoms with Crippen molar-refractivity contribution in [2.45, 2.75) is 12.8 Å². The van der Waals surface area contributed by atoms with Crippen LogP contribution >= 0.6 is 0 Å². The molecule has 0 aliphatic heterocycles. The summed E-state index contributed by atoms with van der Waals surface area (Å²) in [6, 6.07) is -0.605. The van der Waals surface area contributed by atoms with Crippen molar-refractivity contribution in [1.82, 2.24) is 4.98 Å². The number of halogens is 3. The van der Waals surface area contributed by atoms with Gasteiger partial charge in [0.05, 0.1) is 0 Å². The smallest absolute Gasteiger partial charge is 0.426 e. The molecule has 3 N–H and O–H groups in total. The Morgan fingerprint density at radius 1 is 1.50 bits per heavy atom. The van der Waals surface area contributed by atoms with Gasteiger partial charge in [0.15, 0.2) is 11.5 Å². The lowest BCUT2D eigenvalue weighted by Crippen LogP contribution is -2.08. The van der Waals surface area contributed by atoms with Crippen molar-refractivity contribution in [3.63, 3.8) is 0 Å². The van der Waals surface area contributed by atoms with Crippen molar-refractivity contribution in [3.05, 3.63) is 11.5 Å². The van der Waals surface area contributed by atoms with Gasteiger partial charge in [-0.1, -0.05) is 0 Å². The first-order chi connectivity index (χ1) is 5.45. The van der Waals surface area contributed by atoms with Crippen molar-refractivity contribution in [2.75, 3.05) is 5.73 Å². The number of nitrogens with zero attached hydrogens (tertiary/aromatic N) is 1.